The van der Waals surface area contributed by atoms with Gasteiger partial charge in [0, 0.05) is 45.5 Å². The number of carbonyl (C=O) groups is 4. The Balaban J connectivity index is 1.03. The zero-order valence-corrected chi connectivity index (χ0v) is 38.0. The first-order chi connectivity index (χ1) is 30.0. The number of aromatic amines is 2. The van der Waals surface area contributed by atoms with Crippen molar-refractivity contribution in [3.8, 4) is 45.1 Å². The van der Waals surface area contributed by atoms with Gasteiger partial charge in [0.2, 0.25) is 11.8 Å². The van der Waals surface area contributed by atoms with E-state index >= 15 is 0 Å². The smallest absolute Gasteiger partial charge is 0.407 e. The number of hydrogen-bond donors (Lipinski definition) is 4. The van der Waals surface area contributed by atoms with Crippen LogP contribution < -0.4 is 20.1 Å². The number of nitrogens with zero attached hydrogens (tertiary/aromatic N) is 4. The van der Waals surface area contributed by atoms with Crippen molar-refractivity contribution >= 4 is 24.0 Å². The molecule has 8 rings (SSSR count). The van der Waals surface area contributed by atoms with Crippen LogP contribution in [0.3, 0.4) is 0 Å². The van der Waals surface area contributed by atoms with Gasteiger partial charge in [0.25, 0.3) is 0 Å². The maximum Gasteiger partial charge on any atom is 0.407 e. The topological polar surface area (TPSA) is 193 Å². The molecule has 4 N–H and O–H groups in total. The number of imidazole rings is 2. The second-order valence-electron chi connectivity index (χ2n) is 18.5. The van der Waals surface area contributed by atoms with Gasteiger partial charge in [-0.2, -0.15) is 0 Å². The van der Waals surface area contributed by atoms with Gasteiger partial charge in [0.05, 0.1) is 50.6 Å². The fourth-order valence-corrected chi connectivity index (χ4v) is 9.58. The van der Waals surface area contributed by atoms with Crippen LogP contribution in [0.15, 0.2) is 36.7 Å². The molecule has 4 amide bonds. The van der Waals surface area contributed by atoms with E-state index in [0.717, 1.165) is 56.3 Å². The van der Waals surface area contributed by atoms with Crippen LogP contribution in [0.2, 0.25) is 0 Å². The molecule has 0 radical (unpaired) electrons. The second-order valence-corrected chi connectivity index (χ2v) is 18.5. The van der Waals surface area contributed by atoms with Crippen LogP contribution in [-0.2, 0) is 38.8 Å². The normalized spacial score (nSPS) is 22.7. The first kappa shape index (κ1) is 43.6. The van der Waals surface area contributed by atoms with Gasteiger partial charge in [-0.15, -0.1) is 0 Å². The largest absolute Gasteiger partial charge is 0.488 e. The molecule has 336 valence electrons. The number of alkyl carbamates (subject to hydrolysis) is 2. The number of nitrogens with one attached hydrogen (secondary N) is 4. The quantitative estimate of drug-likeness (QED) is 0.101. The van der Waals surface area contributed by atoms with Crippen LogP contribution in [0.5, 0.6) is 11.5 Å². The summed E-state index contributed by atoms with van der Waals surface area (Å²) < 4.78 is 22.6. The van der Waals surface area contributed by atoms with Crippen molar-refractivity contribution in [1.82, 2.24) is 40.4 Å². The van der Waals surface area contributed by atoms with E-state index < -0.39 is 30.3 Å². The van der Waals surface area contributed by atoms with Crippen LogP contribution in [0.25, 0.3) is 33.6 Å². The summed E-state index contributed by atoms with van der Waals surface area (Å²) in [5.41, 5.74) is 7.30. The van der Waals surface area contributed by atoms with Crippen LogP contribution in [0.1, 0.15) is 91.1 Å². The summed E-state index contributed by atoms with van der Waals surface area (Å²) in [6.45, 7) is 19.1. The highest BCUT2D eigenvalue weighted by atomic mass is 16.5. The van der Waals surface area contributed by atoms with E-state index in [0.29, 0.717) is 48.5 Å². The minimum Gasteiger partial charge on any atom is -0.488 e. The summed E-state index contributed by atoms with van der Waals surface area (Å²) in [5.74, 6) is 3.39. The Morgan fingerprint density at radius 3 is 1.65 bits per heavy atom. The van der Waals surface area contributed by atoms with E-state index in [1.807, 2.05) is 56.6 Å². The van der Waals surface area contributed by atoms with E-state index in [9.17, 15) is 19.2 Å². The van der Waals surface area contributed by atoms with Gasteiger partial charge in [-0.25, -0.2) is 19.6 Å². The minimum atomic E-state index is -0.754. The molecule has 0 bridgehead atoms. The summed E-state index contributed by atoms with van der Waals surface area (Å²) in [5, 5.41) is 5.49. The Labute approximate surface area is 368 Å². The van der Waals surface area contributed by atoms with Crippen LogP contribution in [0.4, 0.5) is 9.59 Å². The predicted molar refractivity (Wildman–Crippen MR) is 234 cm³/mol. The van der Waals surface area contributed by atoms with Crippen molar-refractivity contribution in [2.24, 2.45) is 35.5 Å². The lowest BCUT2D eigenvalue weighted by atomic mass is 9.87. The number of carbonyl (C=O) groups excluding carboxylic acids is 4. The lowest BCUT2D eigenvalue weighted by Gasteiger charge is -2.34. The molecule has 4 heterocycles. The van der Waals surface area contributed by atoms with Crippen LogP contribution in [0, 0.1) is 35.5 Å². The third-order valence-corrected chi connectivity index (χ3v) is 13.9. The van der Waals surface area contributed by atoms with Gasteiger partial charge in [-0.3, -0.25) is 9.59 Å². The first-order valence-electron chi connectivity index (χ1n) is 22.0. The summed E-state index contributed by atoms with van der Waals surface area (Å²) in [6, 6.07) is 6.38. The summed E-state index contributed by atoms with van der Waals surface area (Å²) in [7, 11) is 2.58. The number of aromatic nitrogens is 4. The van der Waals surface area contributed by atoms with E-state index in [1.54, 1.807) is 12.4 Å². The number of H-pyrrole nitrogens is 2. The second kappa shape index (κ2) is 16.9. The zero-order valence-electron chi connectivity index (χ0n) is 38.0. The van der Waals surface area contributed by atoms with E-state index in [4.69, 9.17) is 28.9 Å². The Kier molecular flexibility index (Phi) is 11.7. The fraction of sp³-hybridized carbons (Fsp3) is 0.532. The molecule has 2 saturated carbocycles. The average molecular weight is 865 g/mol. The van der Waals surface area contributed by atoms with Gasteiger partial charge in [-0.1, -0.05) is 55.4 Å². The predicted octanol–water partition coefficient (Wildman–Crippen LogP) is 7.21. The maximum atomic E-state index is 14.2. The molecular formula is C47H60N8O8. The number of benzene rings is 2. The van der Waals surface area contributed by atoms with Gasteiger partial charge >= 0.3 is 12.2 Å². The lowest BCUT2D eigenvalue weighted by molar-refractivity contribution is -0.138. The third-order valence-electron chi connectivity index (χ3n) is 13.9. The molecule has 4 aromatic rings. The highest BCUT2D eigenvalue weighted by Gasteiger charge is 2.53. The third kappa shape index (κ3) is 8.08. The van der Waals surface area contributed by atoms with Crippen molar-refractivity contribution < 1.29 is 38.1 Å². The van der Waals surface area contributed by atoms with E-state index in [-0.39, 0.29) is 42.3 Å². The van der Waals surface area contributed by atoms with Gasteiger partial charge in [0.15, 0.2) is 0 Å². The summed E-state index contributed by atoms with van der Waals surface area (Å²) in [6.07, 6.45) is 2.28. The molecular weight excluding hydrogens is 805 g/mol. The van der Waals surface area contributed by atoms with Crippen molar-refractivity contribution in [1.29, 1.82) is 0 Å². The highest BCUT2D eigenvalue weighted by molar-refractivity contribution is 5.89. The molecule has 2 unspecified atom stereocenters. The monoisotopic (exact) mass is 864 g/mol. The number of rotatable bonds is 14. The molecule has 2 aromatic carbocycles. The Hall–Kier alpha value is -6.06. The molecule has 16 nitrogen and oxygen atoms in total. The van der Waals surface area contributed by atoms with E-state index in [1.165, 1.54) is 14.2 Å². The molecule has 2 fully saturated rings. The van der Waals surface area contributed by atoms with Gasteiger partial charge < -0.3 is 49.3 Å². The molecule has 2 aliphatic carbocycles. The first-order valence-corrected chi connectivity index (χ1v) is 22.0. The molecule has 2 aromatic heterocycles. The minimum absolute atomic E-state index is 0.00708. The Morgan fingerprint density at radius 2 is 1.17 bits per heavy atom. The van der Waals surface area contributed by atoms with Crippen molar-refractivity contribution in [3.05, 3.63) is 59.4 Å². The van der Waals surface area contributed by atoms with Crippen LogP contribution >= 0.6 is 0 Å². The molecule has 16 heteroatoms. The fourth-order valence-electron chi connectivity index (χ4n) is 9.58. The number of amides is 4. The summed E-state index contributed by atoms with van der Waals surface area (Å²) in [4.78, 5) is 72.7. The molecule has 63 heavy (non-hydrogen) atoms. The highest BCUT2D eigenvalue weighted by Crippen LogP contribution is 2.51. The molecule has 9 atom stereocenters. The Bertz CT molecular complexity index is 2360. The number of methoxy groups -OCH3 is 2. The molecule has 2 aliphatic heterocycles. The Morgan fingerprint density at radius 1 is 0.698 bits per heavy atom. The zero-order chi connectivity index (χ0) is 45.2. The SMILES string of the molecule is COC(=O)N[C@H](C(=O)N(Cc1ncc(-c2cc3c4c(c2)OCc2cc(-c5cnc([C@H](C)N(C(=O)[C@@H](NC(=O)OC)C(C)C)[C@H]6C(C)[C@@H]6C)[nH]5)cc(c2-4)OC3)[nH]1)[C@H]1C(C)[C@@H]1C)C(C)C. The van der Waals surface area contributed by atoms with Crippen LogP contribution in [-0.4, -0.2) is 92.1 Å². The van der Waals surface area contributed by atoms with E-state index in [2.05, 4.69) is 60.4 Å². The maximum absolute atomic E-state index is 14.2. The number of hydrogen-bond acceptors (Lipinski definition) is 10. The number of ether oxygens (including phenoxy) is 4. The average Bonchev–Trinajstić information content (AvgIpc) is 3.76. The molecule has 4 aliphatic rings. The standard InChI is InChI=1S/C47H60N8O8/c1-21(2)39(52-46(58)60-10)44(56)54(41-23(5)24(41)6)18-36-48-16-32(50-36)28-12-30-19-63-35-15-29(13-31-20-62-34(14-28)37(30)38(31)35)33-17-49-43(51-33)27(9)55(42-25(7)26(42)8)45(57)40(22(3)4)53-47(59)61-11/h12-17,21-27,39-42H,18-20H2,1-11H3,(H,48,50)(H,49,51)(H,52,58)(H,53,59)/t23-,24?,25-,26?,27-,39-,40-,41+,42+/m0/s1. The molecule has 0 saturated heterocycles. The van der Waals surface area contributed by atoms with Gasteiger partial charge in [-0.05, 0) is 66.7 Å². The lowest BCUT2D eigenvalue weighted by Crippen LogP contribution is -2.53. The summed E-state index contributed by atoms with van der Waals surface area (Å²) >= 11 is 0. The van der Waals surface area contributed by atoms with Gasteiger partial charge in [0.1, 0.15) is 48.4 Å². The van der Waals surface area contributed by atoms with Crippen molar-refractivity contribution in [2.45, 2.75) is 112 Å². The van der Waals surface area contributed by atoms with Crippen molar-refractivity contribution in [3.63, 3.8) is 0 Å². The molecule has 0 spiro atoms. The van der Waals surface area contributed by atoms with Crippen molar-refractivity contribution in [2.75, 3.05) is 14.2 Å².